The third-order valence-electron chi connectivity index (χ3n) is 3.60. The summed E-state index contributed by atoms with van der Waals surface area (Å²) in [6.45, 7) is 3.95. The van der Waals surface area contributed by atoms with Gasteiger partial charge in [0, 0.05) is 23.8 Å². The Morgan fingerprint density at radius 1 is 1.52 bits per heavy atom. The fraction of sp³-hybridized carbons (Fsp3) is 0.571. The van der Waals surface area contributed by atoms with E-state index >= 15 is 0 Å². The van der Waals surface area contributed by atoms with Gasteiger partial charge in [-0.3, -0.25) is 4.79 Å². The van der Waals surface area contributed by atoms with Gasteiger partial charge in [-0.15, -0.1) is 0 Å². The van der Waals surface area contributed by atoms with Crippen molar-refractivity contribution in [3.63, 3.8) is 0 Å². The second-order valence-corrected chi connectivity index (χ2v) is 7.69. The molecule has 2 rings (SSSR count). The molecule has 1 aromatic rings. The first kappa shape index (κ1) is 15.8. The molecule has 1 fully saturated rings. The van der Waals surface area contributed by atoms with Crippen molar-refractivity contribution in [1.29, 1.82) is 0 Å². The number of nitrogens with zero attached hydrogens (tertiary/aromatic N) is 1. The lowest BCUT2D eigenvalue weighted by Gasteiger charge is -2.14. The van der Waals surface area contributed by atoms with E-state index in [1.54, 1.807) is 18.3 Å². The minimum atomic E-state index is -2.93. The fourth-order valence-electron chi connectivity index (χ4n) is 2.18. The van der Waals surface area contributed by atoms with E-state index in [0.29, 0.717) is 17.8 Å². The quantitative estimate of drug-likeness (QED) is 0.853. The SMILES string of the molecule is CCC(C)NC(=O)c1ccnc(NC2CCS(=O)(=O)C2)c1. The maximum atomic E-state index is 12.0. The number of pyridine rings is 1. The highest BCUT2D eigenvalue weighted by Crippen LogP contribution is 2.16. The molecule has 2 heterocycles. The third-order valence-corrected chi connectivity index (χ3v) is 5.36. The molecule has 0 aliphatic carbocycles. The van der Waals surface area contributed by atoms with Crippen LogP contribution in [0.15, 0.2) is 18.3 Å². The molecule has 7 heteroatoms. The molecule has 0 saturated carbocycles. The van der Waals surface area contributed by atoms with Crippen molar-refractivity contribution in [1.82, 2.24) is 10.3 Å². The zero-order valence-electron chi connectivity index (χ0n) is 12.3. The second-order valence-electron chi connectivity index (χ2n) is 5.46. The number of carbonyl (C=O) groups is 1. The highest BCUT2D eigenvalue weighted by Gasteiger charge is 2.28. The Labute approximate surface area is 125 Å². The number of carbonyl (C=O) groups excluding carboxylic acids is 1. The summed E-state index contributed by atoms with van der Waals surface area (Å²) in [5.41, 5.74) is 0.522. The molecule has 1 saturated heterocycles. The van der Waals surface area contributed by atoms with Gasteiger partial charge in [-0.2, -0.15) is 0 Å². The number of amides is 1. The van der Waals surface area contributed by atoms with Crippen LogP contribution in [0.2, 0.25) is 0 Å². The van der Waals surface area contributed by atoms with Crippen LogP contribution in [0.4, 0.5) is 5.82 Å². The van der Waals surface area contributed by atoms with Crippen molar-refractivity contribution in [2.24, 2.45) is 0 Å². The minimum Gasteiger partial charge on any atom is -0.366 e. The summed E-state index contributed by atoms with van der Waals surface area (Å²) in [4.78, 5) is 16.2. The molecular weight excluding hydrogens is 290 g/mol. The Hall–Kier alpha value is -1.63. The van der Waals surface area contributed by atoms with Crippen LogP contribution in [0, 0.1) is 0 Å². The third kappa shape index (κ3) is 4.42. The molecule has 2 atom stereocenters. The fourth-order valence-corrected chi connectivity index (χ4v) is 3.85. The largest absolute Gasteiger partial charge is 0.366 e. The molecule has 2 unspecified atom stereocenters. The van der Waals surface area contributed by atoms with E-state index < -0.39 is 9.84 Å². The van der Waals surface area contributed by atoms with Gasteiger partial charge in [-0.05, 0) is 31.9 Å². The average molecular weight is 311 g/mol. The first-order chi connectivity index (χ1) is 9.89. The molecule has 0 aromatic carbocycles. The topological polar surface area (TPSA) is 88.2 Å². The molecule has 0 bridgehead atoms. The summed E-state index contributed by atoms with van der Waals surface area (Å²) < 4.78 is 22.9. The average Bonchev–Trinajstić information content (AvgIpc) is 2.78. The molecular formula is C14H21N3O3S. The Balaban J connectivity index is 2.03. The van der Waals surface area contributed by atoms with E-state index in [0.717, 1.165) is 6.42 Å². The summed E-state index contributed by atoms with van der Waals surface area (Å²) in [7, 11) is -2.93. The number of anilines is 1. The Kier molecular flexibility index (Phi) is 4.82. The summed E-state index contributed by atoms with van der Waals surface area (Å²) in [5, 5.41) is 5.98. The summed E-state index contributed by atoms with van der Waals surface area (Å²) in [6.07, 6.45) is 2.99. The predicted octanol–water partition coefficient (Wildman–Crippen LogP) is 1.21. The van der Waals surface area contributed by atoms with Crippen molar-refractivity contribution < 1.29 is 13.2 Å². The first-order valence-electron chi connectivity index (χ1n) is 7.13. The molecule has 1 aromatic heterocycles. The Bertz CT molecular complexity index is 616. The second kappa shape index (κ2) is 6.43. The standard InChI is InChI=1S/C14H21N3O3S/c1-3-10(2)16-14(18)11-4-6-15-13(8-11)17-12-5-7-21(19,20)9-12/h4,6,8,10,12H,3,5,7,9H2,1-2H3,(H,15,17)(H,16,18). The number of sulfone groups is 1. The van der Waals surface area contributed by atoms with Crippen molar-refractivity contribution in [3.05, 3.63) is 23.9 Å². The Morgan fingerprint density at radius 3 is 2.90 bits per heavy atom. The van der Waals surface area contributed by atoms with Crippen LogP contribution in [0.1, 0.15) is 37.0 Å². The first-order valence-corrected chi connectivity index (χ1v) is 8.95. The van der Waals surface area contributed by atoms with Crippen LogP contribution in [0.3, 0.4) is 0 Å². The van der Waals surface area contributed by atoms with Crippen molar-refractivity contribution in [3.8, 4) is 0 Å². The normalized spacial score (nSPS) is 21.7. The number of aromatic nitrogens is 1. The van der Waals surface area contributed by atoms with Gasteiger partial charge in [-0.1, -0.05) is 6.92 Å². The van der Waals surface area contributed by atoms with Crippen LogP contribution in [-0.2, 0) is 9.84 Å². The van der Waals surface area contributed by atoms with Crippen LogP contribution < -0.4 is 10.6 Å². The molecule has 0 spiro atoms. The van der Waals surface area contributed by atoms with Gasteiger partial charge in [0.1, 0.15) is 5.82 Å². The molecule has 21 heavy (non-hydrogen) atoms. The predicted molar refractivity (Wildman–Crippen MR) is 82.1 cm³/mol. The lowest BCUT2D eigenvalue weighted by Crippen LogP contribution is -2.32. The molecule has 0 radical (unpaired) electrons. The highest BCUT2D eigenvalue weighted by molar-refractivity contribution is 7.91. The lowest BCUT2D eigenvalue weighted by molar-refractivity contribution is 0.0939. The lowest BCUT2D eigenvalue weighted by atomic mass is 10.2. The monoisotopic (exact) mass is 311 g/mol. The van der Waals surface area contributed by atoms with Crippen molar-refractivity contribution in [2.45, 2.75) is 38.8 Å². The number of hydrogen-bond acceptors (Lipinski definition) is 5. The van der Waals surface area contributed by atoms with Crippen molar-refractivity contribution >= 4 is 21.6 Å². The van der Waals surface area contributed by atoms with Crippen LogP contribution in [0.25, 0.3) is 0 Å². The molecule has 1 amide bonds. The minimum absolute atomic E-state index is 0.113. The Morgan fingerprint density at radius 2 is 2.29 bits per heavy atom. The number of rotatable bonds is 5. The summed E-state index contributed by atoms with van der Waals surface area (Å²) in [5.74, 6) is 0.722. The van der Waals surface area contributed by atoms with Gasteiger partial charge in [-0.25, -0.2) is 13.4 Å². The number of hydrogen-bond donors (Lipinski definition) is 2. The van der Waals surface area contributed by atoms with Gasteiger partial charge in [0.15, 0.2) is 9.84 Å². The maximum Gasteiger partial charge on any atom is 0.251 e. The van der Waals surface area contributed by atoms with E-state index in [2.05, 4.69) is 15.6 Å². The molecule has 1 aliphatic rings. The van der Waals surface area contributed by atoms with Gasteiger partial charge >= 0.3 is 0 Å². The van der Waals surface area contributed by atoms with E-state index in [9.17, 15) is 13.2 Å². The number of nitrogens with one attached hydrogen (secondary N) is 2. The smallest absolute Gasteiger partial charge is 0.251 e. The zero-order valence-corrected chi connectivity index (χ0v) is 13.1. The van der Waals surface area contributed by atoms with Gasteiger partial charge in [0.25, 0.3) is 5.91 Å². The van der Waals surface area contributed by atoms with Crippen LogP contribution in [-0.4, -0.2) is 42.9 Å². The van der Waals surface area contributed by atoms with Gasteiger partial charge < -0.3 is 10.6 Å². The van der Waals surface area contributed by atoms with E-state index in [4.69, 9.17) is 0 Å². The van der Waals surface area contributed by atoms with Crippen molar-refractivity contribution in [2.75, 3.05) is 16.8 Å². The summed E-state index contributed by atoms with van der Waals surface area (Å²) in [6, 6.07) is 3.29. The molecule has 6 nitrogen and oxygen atoms in total. The van der Waals surface area contributed by atoms with E-state index in [1.807, 2.05) is 13.8 Å². The van der Waals surface area contributed by atoms with Crippen LogP contribution >= 0.6 is 0 Å². The van der Waals surface area contributed by atoms with Gasteiger partial charge in [0.05, 0.1) is 11.5 Å². The maximum absolute atomic E-state index is 12.0. The highest BCUT2D eigenvalue weighted by atomic mass is 32.2. The molecule has 2 N–H and O–H groups in total. The summed E-state index contributed by atoms with van der Waals surface area (Å²) >= 11 is 0. The van der Waals surface area contributed by atoms with Gasteiger partial charge in [0.2, 0.25) is 0 Å². The molecule has 116 valence electrons. The van der Waals surface area contributed by atoms with E-state index in [1.165, 1.54) is 0 Å². The molecule has 1 aliphatic heterocycles. The van der Waals surface area contributed by atoms with Crippen LogP contribution in [0.5, 0.6) is 0 Å². The zero-order chi connectivity index (χ0) is 15.5. The van der Waals surface area contributed by atoms with E-state index in [-0.39, 0.29) is 29.5 Å².